The summed E-state index contributed by atoms with van der Waals surface area (Å²) >= 11 is 3.60. The Kier molecular flexibility index (Phi) is 7.22. The molecule has 0 N–H and O–H groups in total. The molecular weight excluding hydrogens is 454 g/mol. The van der Waals surface area contributed by atoms with Gasteiger partial charge in [0.1, 0.15) is 13.1 Å². The predicted molar refractivity (Wildman–Crippen MR) is 140 cm³/mol. The highest BCUT2D eigenvalue weighted by Gasteiger charge is 2.35. The highest BCUT2D eigenvalue weighted by Crippen LogP contribution is 2.32. The van der Waals surface area contributed by atoms with Crippen molar-refractivity contribution in [2.75, 3.05) is 13.1 Å². The summed E-state index contributed by atoms with van der Waals surface area (Å²) in [7, 11) is 0. The Labute approximate surface area is 203 Å². The predicted octanol–water partition coefficient (Wildman–Crippen LogP) is 7.92. The monoisotopic (exact) mass is 490 g/mol. The molecule has 0 bridgehead atoms. The van der Waals surface area contributed by atoms with Crippen LogP contribution in [0.2, 0.25) is 0 Å². The van der Waals surface area contributed by atoms with Gasteiger partial charge in [-0.15, -0.1) is 0 Å². The van der Waals surface area contributed by atoms with Gasteiger partial charge < -0.3 is 4.48 Å². The Balaban J connectivity index is 1.53. The summed E-state index contributed by atoms with van der Waals surface area (Å²) in [5, 5.41) is 0. The first kappa shape index (κ1) is 23.3. The zero-order valence-electron chi connectivity index (χ0n) is 19.9. The average Bonchev–Trinajstić information content (AvgIpc) is 2.76. The van der Waals surface area contributed by atoms with Gasteiger partial charge in [-0.1, -0.05) is 103 Å². The van der Waals surface area contributed by atoms with Gasteiger partial charge in [0.25, 0.3) is 0 Å². The van der Waals surface area contributed by atoms with Gasteiger partial charge in [-0.25, -0.2) is 0 Å². The van der Waals surface area contributed by atoms with Gasteiger partial charge in [-0.3, -0.25) is 0 Å². The topological polar surface area (TPSA) is 0 Å². The second kappa shape index (κ2) is 9.93. The minimum atomic E-state index is 0.218. The molecule has 0 aromatic heterocycles. The van der Waals surface area contributed by atoms with Gasteiger partial charge in [0.15, 0.2) is 0 Å². The highest BCUT2D eigenvalue weighted by atomic mass is 79.9. The molecule has 0 aliphatic carbocycles. The van der Waals surface area contributed by atoms with E-state index in [1.807, 2.05) is 0 Å². The molecule has 32 heavy (non-hydrogen) atoms. The van der Waals surface area contributed by atoms with E-state index < -0.39 is 0 Å². The lowest BCUT2D eigenvalue weighted by molar-refractivity contribution is -0.961. The maximum atomic E-state index is 3.60. The van der Waals surface area contributed by atoms with Crippen LogP contribution in [0.15, 0.2) is 83.3 Å². The quantitative estimate of drug-likeness (QED) is 0.307. The lowest BCUT2D eigenvalue weighted by atomic mass is 9.85. The maximum absolute atomic E-state index is 3.60. The van der Waals surface area contributed by atoms with Crippen LogP contribution in [0.4, 0.5) is 0 Å². The number of rotatable bonds is 6. The number of quaternary nitrogens is 1. The van der Waals surface area contributed by atoms with Crippen molar-refractivity contribution in [3.8, 4) is 0 Å². The summed E-state index contributed by atoms with van der Waals surface area (Å²) in [5.41, 5.74) is 6.04. The number of hydrogen-bond donors (Lipinski definition) is 0. The van der Waals surface area contributed by atoms with Crippen LogP contribution >= 0.6 is 15.9 Å². The lowest BCUT2D eigenvalue weighted by Crippen LogP contribution is -2.53. The molecule has 168 valence electrons. The first-order chi connectivity index (χ1) is 15.3. The van der Waals surface area contributed by atoms with Crippen LogP contribution in [0, 0.1) is 5.92 Å². The van der Waals surface area contributed by atoms with E-state index in [0.717, 1.165) is 28.0 Å². The molecule has 0 unspecified atom stereocenters. The van der Waals surface area contributed by atoms with E-state index in [-0.39, 0.29) is 5.41 Å². The number of nitrogens with zero attached hydrogens (tertiary/aromatic N) is 1. The molecule has 0 radical (unpaired) electrons. The maximum Gasteiger partial charge on any atom is 0.105 e. The molecule has 1 aliphatic rings. The Bertz CT molecular complexity index is 986. The molecule has 2 atom stereocenters. The van der Waals surface area contributed by atoms with E-state index in [9.17, 15) is 0 Å². The molecule has 2 heteroatoms. The van der Waals surface area contributed by atoms with Crippen molar-refractivity contribution in [2.45, 2.75) is 58.5 Å². The van der Waals surface area contributed by atoms with Crippen molar-refractivity contribution in [1.29, 1.82) is 0 Å². The molecule has 0 spiro atoms. The molecule has 1 nitrogen and oxygen atoms in total. The van der Waals surface area contributed by atoms with E-state index >= 15 is 0 Å². The smallest absolute Gasteiger partial charge is 0.105 e. The van der Waals surface area contributed by atoms with Crippen molar-refractivity contribution < 1.29 is 4.48 Å². The summed E-state index contributed by atoms with van der Waals surface area (Å²) in [6.45, 7) is 11.6. The summed E-state index contributed by atoms with van der Waals surface area (Å²) < 4.78 is 2.32. The van der Waals surface area contributed by atoms with E-state index in [0.29, 0.717) is 0 Å². The lowest BCUT2D eigenvalue weighted by Gasteiger charge is -2.45. The van der Waals surface area contributed by atoms with Gasteiger partial charge in [-0.05, 0) is 47.9 Å². The number of likely N-dealkylation sites (tertiary alicyclic amines) is 1. The second-order valence-electron chi connectivity index (χ2n) is 10.8. The summed E-state index contributed by atoms with van der Waals surface area (Å²) in [4.78, 5) is 0. The van der Waals surface area contributed by atoms with Crippen LogP contribution in [0.5, 0.6) is 0 Å². The fourth-order valence-corrected chi connectivity index (χ4v) is 5.64. The molecule has 3 aromatic carbocycles. The third-order valence-electron chi connectivity index (χ3n) is 7.03. The van der Waals surface area contributed by atoms with Crippen molar-refractivity contribution in [1.82, 2.24) is 0 Å². The van der Waals surface area contributed by atoms with E-state index in [1.54, 1.807) is 0 Å². The first-order valence-electron chi connectivity index (χ1n) is 12.0. The summed E-state index contributed by atoms with van der Waals surface area (Å²) in [6.07, 6.45) is 3.85. The molecule has 1 fully saturated rings. The van der Waals surface area contributed by atoms with E-state index in [4.69, 9.17) is 0 Å². The molecule has 4 rings (SSSR count). The average molecular weight is 492 g/mol. The number of hydrogen-bond acceptors (Lipinski definition) is 0. The molecule has 0 amide bonds. The van der Waals surface area contributed by atoms with Crippen LogP contribution in [0.1, 0.15) is 55.9 Å². The Morgan fingerprint density at radius 1 is 0.781 bits per heavy atom. The minimum Gasteiger partial charge on any atom is -0.316 e. The van der Waals surface area contributed by atoms with Gasteiger partial charge in [0, 0.05) is 21.5 Å². The highest BCUT2D eigenvalue weighted by molar-refractivity contribution is 9.10. The molecule has 1 saturated heterocycles. The zero-order valence-corrected chi connectivity index (χ0v) is 21.4. The molecule has 3 aromatic rings. The van der Waals surface area contributed by atoms with Crippen LogP contribution in [-0.2, 0) is 24.9 Å². The van der Waals surface area contributed by atoms with Gasteiger partial charge >= 0.3 is 0 Å². The second-order valence-corrected chi connectivity index (χ2v) is 11.8. The summed E-state index contributed by atoms with van der Waals surface area (Å²) in [6, 6.07) is 29.5. The number of piperidine rings is 1. The Morgan fingerprint density at radius 3 is 2.00 bits per heavy atom. The molecular formula is C30H37BrN+. The zero-order chi connectivity index (χ0) is 22.6. The van der Waals surface area contributed by atoms with Crippen LogP contribution in [0.3, 0.4) is 0 Å². The van der Waals surface area contributed by atoms with E-state index in [2.05, 4.69) is 116 Å². The standard InChI is InChI=1S/C30H37BrN/c1-30(2,3)28-15-11-24(12-16-28)20-27-10-7-19-32(23-27,21-25-8-5-4-6-9-25)22-26-13-17-29(31)18-14-26/h4-6,8-9,11-18,27H,7,10,19-23H2,1-3H3/q+1/t27-,32+/m1/s1. The van der Waals surface area contributed by atoms with Crippen molar-refractivity contribution >= 4 is 15.9 Å². The summed E-state index contributed by atoms with van der Waals surface area (Å²) in [5.74, 6) is 0.739. The Hall–Kier alpha value is -1.90. The van der Waals surface area contributed by atoms with Crippen LogP contribution in [0.25, 0.3) is 0 Å². The van der Waals surface area contributed by atoms with Crippen LogP contribution < -0.4 is 0 Å². The number of halogens is 1. The first-order valence-corrected chi connectivity index (χ1v) is 12.8. The Morgan fingerprint density at radius 2 is 1.38 bits per heavy atom. The number of benzene rings is 3. The fraction of sp³-hybridized carbons (Fsp3) is 0.400. The fourth-order valence-electron chi connectivity index (χ4n) is 5.38. The van der Waals surface area contributed by atoms with Gasteiger partial charge in [0.2, 0.25) is 0 Å². The van der Waals surface area contributed by atoms with Crippen molar-refractivity contribution in [2.24, 2.45) is 5.92 Å². The van der Waals surface area contributed by atoms with Crippen molar-refractivity contribution in [3.05, 3.63) is 106 Å². The normalized spacial score (nSPS) is 21.4. The SMILES string of the molecule is CC(C)(C)c1ccc(C[C@H]2CCC[N@+](Cc3ccccc3)(Cc3ccc(Br)cc3)C2)cc1. The van der Waals surface area contributed by atoms with Gasteiger partial charge in [0.05, 0.1) is 13.1 Å². The molecule has 1 heterocycles. The third-order valence-corrected chi connectivity index (χ3v) is 7.56. The van der Waals surface area contributed by atoms with Crippen molar-refractivity contribution in [3.63, 3.8) is 0 Å². The minimum absolute atomic E-state index is 0.218. The van der Waals surface area contributed by atoms with Gasteiger partial charge in [-0.2, -0.15) is 0 Å². The van der Waals surface area contributed by atoms with E-state index in [1.165, 1.54) is 54.6 Å². The third kappa shape index (κ3) is 6.11. The largest absolute Gasteiger partial charge is 0.316 e. The molecule has 1 aliphatic heterocycles. The molecule has 0 saturated carbocycles. The van der Waals surface area contributed by atoms with Crippen LogP contribution in [-0.4, -0.2) is 17.6 Å².